The number of rotatable bonds is 7. The molecule has 0 radical (unpaired) electrons. The molecule has 130 valence electrons. The summed E-state index contributed by atoms with van der Waals surface area (Å²) in [6.45, 7) is 5.25. The van der Waals surface area contributed by atoms with Crippen molar-refractivity contribution in [3.63, 3.8) is 0 Å². The van der Waals surface area contributed by atoms with E-state index in [1.165, 1.54) is 5.56 Å². The summed E-state index contributed by atoms with van der Waals surface area (Å²) in [5, 5.41) is 7.28. The first-order valence-corrected chi connectivity index (χ1v) is 9.11. The van der Waals surface area contributed by atoms with E-state index in [1.54, 1.807) is 17.5 Å². The zero-order chi connectivity index (χ0) is 17.5. The minimum absolute atomic E-state index is 0.0114. The van der Waals surface area contributed by atoms with Crippen LogP contribution in [0.4, 0.5) is 4.79 Å². The number of hydrogen-bond acceptors (Lipinski definition) is 4. The van der Waals surface area contributed by atoms with E-state index in [4.69, 9.17) is 0 Å². The molecule has 0 bridgehead atoms. The van der Waals surface area contributed by atoms with Crippen molar-refractivity contribution in [2.75, 3.05) is 27.2 Å². The fourth-order valence-electron chi connectivity index (χ4n) is 2.75. The fourth-order valence-corrected chi connectivity index (χ4v) is 3.45. The van der Waals surface area contributed by atoms with Crippen LogP contribution in [0.5, 0.6) is 0 Å². The van der Waals surface area contributed by atoms with Crippen LogP contribution in [0, 0.1) is 0 Å². The summed E-state index contributed by atoms with van der Waals surface area (Å²) in [5.41, 5.74) is 2.27. The summed E-state index contributed by atoms with van der Waals surface area (Å²) in [7, 11) is 4.06. The van der Waals surface area contributed by atoms with Crippen molar-refractivity contribution in [2.45, 2.75) is 25.9 Å². The molecule has 0 aliphatic heterocycles. The molecule has 2 rings (SSSR count). The van der Waals surface area contributed by atoms with Gasteiger partial charge in [-0.15, -0.1) is 0 Å². The monoisotopic (exact) mass is 346 g/mol. The summed E-state index contributed by atoms with van der Waals surface area (Å²) in [6, 6.07) is 6.13. The van der Waals surface area contributed by atoms with Crippen LogP contribution in [0.25, 0.3) is 0 Å². The standard InChI is InChI=1S/C18H26N4OS/c1-5-22(14(2)15-7-6-9-19-11-15)18(23)20-12-17(21(3)4)16-8-10-24-13-16/h6-11,13-14,17H,5,12H2,1-4H3,(H,20,23)/t14-,17+/m0/s1. The third-order valence-electron chi connectivity index (χ3n) is 4.23. The third kappa shape index (κ3) is 4.55. The highest BCUT2D eigenvalue weighted by Crippen LogP contribution is 2.21. The molecule has 2 aromatic heterocycles. The molecule has 5 nitrogen and oxygen atoms in total. The molecule has 2 atom stereocenters. The largest absolute Gasteiger partial charge is 0.336 e. The van der Waals surface area contributed by atoms with Gasteiger partial charge in [-0.2, -0.15) is 11.3 Å². The fraction of sp³-hybridized carbons (Fsp3) is 0.444. The van der Waals surface area contributed by atoms with E-state index in [2.05, 4.69) is 32.0 Å². The highest BCUT2D eigenvalue weighted by Gasteiger charge is 2.22. The summed E-state index contributed by atoms with van der Waals surface area (Å²) >= 11 is 1.68. The smallest absolute Gasteiger partial charge is 0.317 e. The first-order chi connectivity index (χ1) is 11.5. The van der Waals surface area contributed by atoms with Gasteiger partial charge in [0, 0.05) is 25.5 Å². The Kier molecular flexibility index (Phi) is 6.75. The van der Waals surface area contributed by atoms with E-state index < -0.39 is 0 Å². The number of nitrogens with zero attached hydrogens (tertiary/aromatic N) is 3. The maximum Gasteiger partial charge on any atom is 0.317 e. The van der Waals surface area contributed by atoms with Gasteiger partial charge >= 0.3 is 6.03 Å². The first-order valence-electron chi connectivity index (χ1n) is 8.17. The van der Waals surface area contributed by atoms with E-state index in [9.17, 15) is 4.79 Å². The van der Waals surface area contributed by atoms with Gasteiger partial charge in [0.1, 0.15) is 0 Å². The van der Waals surface area contributed by atoms with Crippen molar-refractivity contribution in [1.29, 1.82) is 0 Å². The number of urea groups is 1. The number of thiophene rings is 1. The minimum atomic E-state index is -0.0454. The molecule has 0 aliphatic rings. The van der Waals surface area contributed by atoms with Crippen LogP contribution in [0.3, 0.4) is 0 Å². The number of hydrogen-bond donors (Lipinski definition) is 1. The molecule has 24 heavy (non-hydrogen) atoms. The lowest BCUT2D eigenvalue weighted by molar-refractivity contribution is 0.178. The summed E-state index contributed by atoms with van der Waals surface area (Å²) in [5.74, 6) is 0. The zero-order valence-corrected chi connectivity index (χ0v) is 15.6. The second-order valence-electron chi connectivity index (χ2n) is 5.97. The van der Waals surface area contributed by atoms with Gasteiger partial charge in [0.15, 0.2) is 0 Å². The Morgan fingerprint density at radius 3 is 2.67 bits per heavy atom. The highest BCUT2D eigenvalue weighted by molar-refractivity contribution is 7.07. The predicted octanol–water partition coefficient (Wildman–Crippen LogP) is 3.54. The SMILES string of the molecule is CCN(C(=O)NC[C@H](c1ccsc1)N(C)C)[C@@H](C)c1cccnc1. The molecule has 0 aliphatic carbocycles. The van der Waals surface area contributed by atoms with Gasteiger partial charge in [0.25, 0.3) is 0 Å². The van der Waals surface area contributed by atoms with Crippen LogP contribution in [0.15, 0.2) is 41.4 Å². The van der Waals surface area contributed by atoms with Gasteiger partial charge in [-0.05, 0) is 62.0 Å². The molecular weight excluding hydrogens is 320 g/mol. The van der Waals surface area contributed by atoms with Crippen LogP contribution in [-0.2, 0) is 0 Å². The number of likely N-dealkylation sites (N-methyl/N-ethyl adjacent to an activating group) is 1. The van der Waals surface area contributed by atoms with Crippen molar-refractivity contribution < 1.29 is 4.79 Å². The van der Waals surface area contributed by atoms with Crippen LogP contribution < -0.4 is 5.32 Å². The molecule has 0 unspecified atom stereocenters. The molecule has 1 N–H and O–H groups in total. The van der Waals surface area contributed by atoms with E-state index in [1.807, 2.05) is 51.2 Å². The molecular formula is C18H26N4OS. The van der Waals surface area contributed by atoms with E-state index in [-0.39, 0.29) is 18.1 Å². The lowest BCUT2D eigenvalue weighted by Crippen LogP contribution is -2.44. The molecule has 0 saturated heterocycles. The zero-order valence-electron chi connectivity index (χ0n) is 14.8. The van der Waals surface area contributed by atoms with E-state index >= 15 is 0 Å². The number of nitrogens with one attached hydrogen (secondary N) is 1. The van der Waals surface area contributed by atoms with Gasteiger partial charge in [-0.1, -0.05) is 6.07 Å². The lowest BCUT2D eigenvalue weighted by atomic mass is 10.1. The van der Waals surface area contributed by atoms with Crippen LogP contribution in [0.1, 0.15) is 37.1 Å². The Morgan fingerprint density at radius 1 is 1.33 bits per heavy atom. The Morgan fingerprint density at radius 2 is 2.12 bits per heavy atom. The Hall–Kier alpha value is -1.92. The van der Waals surface area contributed by atoms with Crippen molar-refractivity contribution >= 4 is 17.4 Å². The maximum absolute atomic E-state index is 12.7. The topological polar surface area (TPSA) is 48.5 Å². The first kappa shape index (κ1) is 18.4. The molecule has 0 spiro atoms. The number of pyridine rings is 1. The second kappa shape index (κ2) is 8.80. The van der Waals surface area contributed by atoms with Crippen molar-refractivity contribution in [3.8, 4) is 0 Å². The Labute approximate surface area is 148 Å². The second-order valence-corrected chi connectivity index (χ2v) is 6.75. The predicted molar refractivity (Wildman–Crippen MR) is 99.2 cm³/mol. The number of carbonyl (C=O) groups excluding carboxylic acids is 1. The van der Waals surface area contributed by atoms with Crippen molar-refractivity contribution in [3.05, 3.63) is 52.5 Å². The van der Waals surface area contributed by atoms with Gasteiger partial charge in [-0.25, -0.2) is 4.79 Å². The van der Waals surface area contributed by atoms with Crippen LogP contribution in [-0.4, -0.2) is 48.0 Å². The summed E-state index contributed by atoms with van der Waals surface area (Å²) in [6.07, 6.45) is 3.56. The number of amides is 2. The average Bonchev–Trinajstić information content (AvgIpc) is 3.10. The summed E-state index contributed by atoms with van der Waals surface area (Å²) < 4.78 is 0. The van der Waals surface area contributed by atoms with Gasteiger partial charge < -0.3 is 15.1 Å². The van der Waals surface area contributed by atoms with Crippen molar-refractivity contribution in [2.24, 2.45) is 0 Å². The molecule has 0 fully saturated rings. The Bertz CT molecular complexity index is 615. The molecule has 6 heteroatoms. The highest BCUT2D eigenvalue weighted by atomic mass is 32.1. The van der Waals surface area contributed by atoms with Gasteiger partial charge in [-0.3, -0.25) is 4.98 Å². The summed E-state index contributed by atoms with van der Waals surface area (Å²) in [4.78, 5) is 20.8. The number of carbonyl (C=O) groups is 1. The van der Waals surface area contributed by atoms with E-state index in [0.29, 0.717) is 13.1 Å². The molecule has 0 aromatic carbocycles. The average molecular weight is 347 g/mol. The van der Waals surface area contributed by atoms with Crippen molar-refractivity contribution in [1.82, 2.24) is 20.1 Å². The normalized spacial score (nSPS) is 13.5. The molecule has 2 amide bonds. The maximum atomic E-state index is 12.7. The third-order valence-corrected chi connectivity index (χ3v) is 4.94. The lowest BCUT2D eigenvalue weighted by Gasteiger charge is -2.30. The molecule has 2 heterocycles. The molecule has 0 saturated carbocycles. The minimum Gasteiger partial charge on any atom is -0.336 e. The van der Waals surface area contributed by atoms with E-state index in [0.717, 1.165) is 5.56 Å². The van der Waals surface area contributed by atoms with Gasteiger partial charge in [0.2, 0.25) is 0 Å². The molecule has 2 aromatic rings. The van der Waals surface area contributed by atoms with Crippen LogP contribution >= 0.6 is 11.3 Å². The van der Waals surface area contributed by atoms with Crippen LogP contribution in [0.2, 0.25) is 0 Å². The number of aromatic nitrogens is 1. The quantitative estimate of drug-likeness (QED) is 0.834. The Balaban J connectivity index is 2.01. The van der Waals surface area contributed by atoms with Gasteiger partial charge in [0.05, 0.1) is 12.1 Å².